The fraction of sp³-hybridized carbons (Fsp3) is 0.571. The second-order valence-corrected chi connectivity index (χ2v) is 5.63. The van der Waals surface area contributed by atoms with Gasteiger partial charge in [0, 0.05) is 37.4 Å². The van der Waals surface area contributed by atoms with Gasteiger partial charge in [-0.1, -0.05) is 6.92 Å². The average molecular weight is 279 g/mol. The molecule has 0 saturated carbocycles. The molecule has 2 aliphatic heterocycles. The van der Waals surface area contributed by atoms with Crippen molar-refractivity contribution in [3.63, 3.8) is 0 Å². The van der Waals surface area contributed by atoms with Crippen LogP contribution in [-0.2, 0) is 0 Å². The first-order chi connectivity index (χ1) is 9.60. The summed E-state index contributed by atoms with van der Waals surface area (Å²) >= 11 is 0. The lowest BCUT2D eigenvalue weighted by Crippen LogP contribution is -2.35. The van der Waals surface area contributed by atoms with Gasteiger partial charge in [-0.15, -0.1) is 0 Å². The Kier molecular flexibility index (Phi) is 3.33. The lowest BCUT2D eigenvalue weighted by atomic mass is 9.93. The van der Waals surface area contributed by atoms with Gasteiger partial charge in [0.25, 0.3) is 5.69 Å². The normalized spacial score (nSPS) is 28.7. The van der Waals surface area contributed by atoms with E-state index in [0.717, 1.165) is 32.1 Å². The number of rotatable bonds is 3. The van der Waals surface area contributed by atoms with Crippen molar-refractivity contribution in [3.8, 4) is 0 Å². The van der Waals surface area contributed by atoms with Gasteiger partial charge in [-0.2, -0.15) is 0 Å². The zero-order valence-electron chi connectivity index (χ0n) is 11.4. The number of nitrogens with one attached hydrogen (secondary N) is 1. The quantitative estimate of drug-likeness (QED) is 0.680. The van der Waals surface area contributed by atoms with Crippen LogP contribution in [0.3, 0.4) is 0 Å². The van der Waals surface area contributed by atoms with Gasteiger partial charge in [-0.05, 0) is 24.3 Å². The van der Waals surface area contributed by atoms with E-state index in [2.05, 4.69) is 17.1 Å². The molecule has 0 amide bonds. The molecular weight excluding hydrogens is 261 g/mol. The van der Waals surface area contributed by atoms with Crippen molar-refractivity contribution >= 4 is 11.4 Å². The Labute approximate surface area is 116 Å². The summed E-state index contributed by atoms with van der Waals surface area (Å²) < 4.78 is 13.6. The van der Waals surface area contributed by atoms with Crippen molar-refractivity contribution in [2.45, 2.75) is 19.4 Å². The summed E-state index contributed by atoms with van der Waals surface area (Å²) in [6.45, 7) is 4.93. The number of nitro groups is 1. The van der Waals surface area contributed by atoms with Crippen molar-refractivity contribution in [3.05, 3.63) is 34.1 Å². The summed E-state index contributed by atoms with van der Waals surface area (Å²) in [6.07, 6.45) is 0.965. The van der Waals surface area contributed by atoms with Gasteiger partial charge < -0.3 is 10.2 Å². The van der Waals surface area contributed by atoms with E-state index in [1.807, 2.05) is 0 Å². The number of anilines is 1. The number of benzene rings is 1. The molecule has 108 valence electrons. The fourth-order valence-corrected chi connectivity index (χ4v) is 3.67. The van der Waals surface area contributed by atoms with E-state index in [1.54, 1.807) is 0 Å². The van der Waals surface area contributed by atoms with Crippen molar-refractivity contribution in [1.29, 1.82) is 0 Å². The predicted octanol–water partition coefficient (Wildman–Crippen LogP) is 2.17. The molecule has 20 heavy (non-hydrogen) atoms. The molecule has 0 radical (unpaired) electrons. The van der Waals surface area contributed by atoms with Crippen LogP contribution in [0, 0.1) is 27.8 Å². The van der Waals surface area contributed by atoms with Crippen molar-refractivity contribution in [2.24, 2.45) is 11.8 Å². The van der Waals surface area contributed by atoms with Crippen molar-refractivity contribution in [2.75, 3.05) is 24.5 Å². The highest BCUT2D eigenvalue weighted by molar-refractivity contribution is 5.55. The number of hydrogen-bond donors (Lipinski definition) is 1. The molecule has 1 aromatic carbocycles. The van der Waals surface area contributed by atoms with Crippen LogP contribution in [0.2, 0.25) is 0 Å². The summed E-state index contributed by atoms with van der Waals surface area (Å²) in [4.78, 5) is 12.5. The van der Waals surface area contributed by atoms with Gasteiger partial charge >= 0.3 is 0 Å². The van der Waals surface area contributed by atoms with Gasteiger partial charge in [0.2, 0.25) is 0 Å². The van der Waals surface area contributed by atoms with E-state index in [-0.39, 0.29) is 5.69 Å². The van der Waals surface area contributed by atoms with Crippen LogP contribution in [-0.4, -0.2) is 30.6 Å². The molecule has 1 N–H and O–H groups in total. The van der Waals surface area contributed by atoms with E-state index in [0.29, 0.717) is 23.6 Å². The van der Waals surface area contributed by atoms with Crippen LogP contribution in [0.1, 0.15) is 13.3 Å². The van der Waals surface area contributed by atoms with E-state index in [1.165, 1.54) is 12.1 Å². The molecule has 6 heteroatoms. The molecule has 3 atom stereocenters. The highest BCUT2D eigenvalue weighted by atomic mass is 19.1. The topological polar surface area (TPSA) is 58.4 Å². The second-order valence-electron chi connectivity index (χ2n) is 5.63. The maximum Gasteiger partial charge on any atom is 0.274 e. The monoisotopic (exact) mass is 279 g/mol. The Balaban J connectivity index is 1.94. The van der Waals surface area contributed by atoms with Crippen LogP contribution < -0.4 is 10.2 Å². The second kappa shape index (κ2) is 5.01. The van der Waals surface area contributed by atoms with Crippen LogP contribution in [0.5, 0.6) is 0 Å². The number of non-ortho nitro benzene ring substituents is 1. The summed E-state index contributed by atoms with van der Waals surface area (Å²) in [5.74, 6) is 0.573. The third kappa shape index (κ3) is 2.14. The highest BCUT2D eigenvalue weighted by Crippen LogP contribution is 2.38. The van der Waals surface area contributed by atoms with Crippen LogP contribution in [0.15, 0.2) is 18.2 Å². The number of halogens is 1. The van der Waals surface area contributed by atoms with Gasteiger partial charge in [-0.25, -0.2) is 4.39 Å². The van der Waals surface area contributed by atoms with Crippen molar-refractivity contribution < 1.29 is 9.31 Å². The molecule has 0 bridgehead atoms. The maximum absolute atomic E-state index is 13.6. The zero-order chi connectivity index (χ0) is 14.3. The Hall–Kier alpha value is -1.69. The molecule has 1 aromatic rings. The lowest BCUT2D eigenvalue weighted by molar-refractivity contribution is -0.385. The molecule has 3 unspecified atom stereocenters. The molecule has 0 spiro atoms. The Bertz CT molecular complexity index is 537. The van der Waals surface area contributed by atoms with Crippen molar-refractivity contribution in [1.82, 2.24) is 5.32 Å². The van der Waals surface area contributed by atoms with E-state index < -0.39 is 10.7 Å². The standard InChI is InChI=1S/C14H18FN3O2/c1-2-14-13-7-16-6-9(13)8-17(14)11-3-10(15)4-12(5-11)18(19)20/h3-5,9,13-14,16H,2,6-8H2,1H3. The molecule has 0 aliphatic carbocycles. The summed E-state index contributed by atoms with van der Waals surface area (Å²) in [7, 11) is 0. The smallest absolute Gasteiger partial charge is 0.274 e. The van der Waals surface area contributed by atoms with Gasteiger partial charge in [0.15, 0.2) is 0 Å². The van der Waals surface area contributed by atoms with Gasteiger partial charge in [0.1, 0.15) is 5.82 Å². The van der Waals surface area contributed by atoms with E-state index >= 15 is 0 Å². The maximum atomic E-state index is 13.6. The molecule has 2 heterocycles. The molecular formula is C14H18FN3O2. The minimum atomic E-state index is -0.542. The van der Waals surface area contributed by atoms with Crippen LogP contribution in [0.4, 0.5) is 15.8 Å². The minimum Gasteiger partial charge on any atom is -0.368 e. The first-order valence-corrected chi connectivity index (χ1v) is 7.02. The SMILES string of the molecule is CCC1C2CNCC2CN1c1cc(F)cc([N+](=O)[O-])c1. The predicted molar refractivity (Wildman–Crippen MR) is 74.3 cm³/mol. The van der Waals surface area contributed by atoms with E-state index in [9.17, 15) is 14.5 Å². The van der Waals surface area contributed by atoms with E-state index in [4.69, 9.17) is 0 Å². The molecule has 2 saturated heterocycles. The number of hydrogen-bond acceptors (Lipinski definition) is 4. The minimum absolute atomic E-state index is 0.176. The number of fused-ring (bicyclic) bond motifs is 1. The Morgan fingerprint density at radius 3 is 2.95 bits per heavy atom. The summed E-state index contributed by atoms with van der Waals surface area (Å²) in [6, 6.07) is 4.20. The third-order valence-electron chi connectivity index (χ3n) is 4.55. The van der Waals surface area contributed by atoms with Crippen LogP contribution in [0.25, 0.3) is 0 Å². The summed E-state index contributed by atoms with van der Waals surface area (Å²) in [5.41, 5.74) is 0.461. The number of nitro benzene ring substituents is 1. The third-order valence-corrected chi connectivity index (χ3v) is 4.55. The Morgan fingerprint density at radius 2 is 2.25 bits per heavy atom. The fourth-order valence-electron chi connectivity index (χ4n) is 3.67. The largest absolute Gasteiger partial charge is 0.368 e. The zero-order valence-corrected chi connectivity index (χ0v) is 11.4. The molecule has 2 fully saturated rings. The molecule has 2 aliphatic rings. The first kappa shape index (κ1) is 13.3. The molecule has 3 rings (SSSR count). The molecule has 5 nitrogen and oxygen atoms in total. The number of nitrogens with zero attached hydrogens (tertiary/aromatic N) is 2. The highest BCUT2D eigenvalue weighted by Gasteiger charge is 2.43. The summed E-state index contributed by atoms with van der Waals surface area (Å²) in [5, 5.41) is 14.3. The van der Waals surface area contributed by atoms with Crippen LogP contribution >= 0.6 is 0 Å². The first-order valence-electron chi connectivity index (χ1n) is 7.02. The van der Waals surface area contributed by atoms with Gasteiger partial charge in [0.05, 0.1) is 11.0 Å². The van der Waals surface area contributed by atoms with Gasteiger partial charge in [-0.3, -0.25) is 10.1 Å². The Morgan fingerprint density at radius 1 is 1.45 bits per heavy atom. The lowest BCUT2D eigenvalue weighted by Gasteiger charge is -2.28. The molecule has 0 aromatic heterocycles. The average Bonchev–Trinajstić information content (AvgIpc) is 2.97.